The van der Waals surface area contributed by atoms with Gasteiger partial charge in [0.25, 0.3) is 0 Å². The standard InChI is InChI=1S/C29H46O4/c1-18(2)8-7-9-19(3)23-10-11-24-22-16-26(31)29(32)17-21(33-20(4)30)12-15-28(29,6)25(22)13-14-27(23,24)5/h16,18-19,21,23-25,32H,7-15,17H2,1-6H3/t19-,21+,23-,24+,25+,27-,28-,29+/m1/s1. The predicted octanol–water partition coefficient (Wildman–Crippen LogP) is 6.25. The van der Waals surface area contributed by atoms with Crippen molar-refractivity contribution >= 4 is 11.8 Å². The molecule has 4 rings (SSSR count). The van der Waals surface area contributed by atoms with E-state index in [0.29, 0.717) is 5.92 Å². The SMILES string of the molecule is CC(=O)O[C@H]1CC[C@]2(C)[C@H]3CC[C@]4(C)[C@@H]([C@H](C)CCCC(C)C)CC[C@H]4C3=CC(=O)[C@@]2(O)C1. The van der Waals surface area contributed by atoms with Crippen LogP contribution in [0.1, 0.15) is 106 Å². The van der Waals surface area contributed by atoms with Gasteiger partial charge in [0.2, 0.25) is 0 Å². The molecule has 8 atom stereocenters. The third-order valence-electron chi connectivity index (χ3n) is 10.6. The number of carbonyl (C=O) groups excluding carboxylic acids is 2. The van der Waals surface area contributed by atoms with Crippen LogP contribution in [0.15, 0.2) is 11.6 Å². The van der Waals surface area contributed by atoms with Gasteiger partial charge in [-0.15, -0.1) is 0 Å². The first-order valence-corrected chi connectivity index (χ1v) is 13.6. The summed E-state index contributed by atoms with van der Waals surface area (Å²) in [5.41, 5.74) is -0.285. The van der Waals surface area contributed by atoms with Gasteiger partial charge < -0.3 is 9.84 Å². The summed E-state index contributed by atoms with van der Waals surface area (Å²) >= 11 is 0. The lowest BCUT2D eigenvalue weighted by Gasteiger charge is -2.60. The minimum Gasteiger partial charge on any atom is -0.462 e. The smallest absolute Gasteiger partial charge is 0.302 e. The van der Waals surface area contributed by atoms with E-state index in [-0.39, 0.29) is 35.6 Å². The van der Waals surface area contributed by atoms with Gasteiger partial charge in [-0.1, -0.05) is 59.5 Å². The summed E-state index contributed by atoms with van der Waals surface area (Å²) in [7, 11) is 0. The highest BCUT2D eigenvalue weighted by Gasteiger charge is 2.65. The molecule has 0 aliphatic heterocycles. The Morgan fingerprint density at radius 2 is 1.82 bits per heavy atom. The van der Waals surface area contributed by atoms with E-state index in [2.05, 4.69) is 34.6 Å². The van der Waals surface area contributed by atoms with Crippen LogP contribution < -0.4 is 0 Å². The second kappa shape index (κ2) is 8.81. The molecule has 4 aliphatic rings. The van der Waals surface area contributed by atoms with Crippen LogP contribution in [0, 0.1) is 40.4 Å². The van der Waals surface area contributed by atoms with Gasteiger partial charge >= 0.3 is 5.97 Å². The fraction of sp³-hybridized carbons (Fsp3) is 0.862. The maximum atomic E-state index is 13.5. The zero-order valence-electron chi connectivity index (χ0n) is 21.8. The molecule has 1 N–H and O–H groups in total. The molecule has 0 heterocycles. The van der Waals surface area contributed by atoms with Gasteiger partial charge in [-0.05, 0) is 79.6 Å². The van der Waals surface area contributed by atoms with Crippen molar-refractivity contribution in [1.29, 1.82) is 0 Å². The third kappa shape index (κ3) is 4.02. The average Bonchev–Trinajstić information content (AvgIpc) is 3.07. The van der Waals surface area contributed by atoms with E-state index in [0.717, 1.165) is 37.0 Å². The Labute approximate surface area is 200 Å². The van der Waals surface area contributed by atoms with Gasteiger partial charge in [-0.2, -0.15) is 0 Å². The normalized spacial score (nSPS) is 43.4. The molecule has 0 spiro atoms. The Hall–Kier alpha value is -1.16. The molecule has 0 bridgehead atoms. The van der Waals surface area contributed by atoms with Gasteiger partial charge in [0.15, 0.2) is 5.78 Å². The number of ketones is 1. The zero-order chi connectivity index (χ0) is 24.2. The van der Waals surface area contributed by atoms with Crippen molar-refractivity contribution < 1.29 is 19.4 Å². The molecule has 4 heteroatoms. The Kier molecular flexibility index (Phi) is 6.66. The average molecular weight is 459 g/mol. The third-order valence-corrected chi connectivity index (χ3v) is 10.6. The number of rotatable bonds is 6. The van der Waals surface area contributed by atoms with E-state index in [9.17, 15) is 14.7 Å². The molecule has 3 saturated carbocycles. The van der Waals surface area contributed by atoms with Crippen LogP contribution in [-0.4, -0.2) is 28.6 Å². The molecule has 3 fully saturated rings. The number of ether oxygens (including phenoxy) is 1. The Bertz CT molecular complexity index is 814. The molecule has 0 aromatic heterocycles. The van der Waals surface area contributed by atoms with Crippen molar-refractivity contribution in [3.8, 4) is 0 Å². The van der Waals surface area contributed by atoms with E-state index in [4.69, 9.17) is 4.74 Å². The van der Waals surface area contributed by atoms with Gasteiger partial charge in [0, 0.05) is 18.8 Å². The van der Waals surface area contributed by atoms with Crippen molar-refractivity contribution in [1.82, 2.24) is 0 Å². The number of allylic oxidation sites excluding steroid dienone is 1. The zero-order valence-corrected chi connectivity index (χ0v) is 21.8. The second-order valence-corrected chi connectivity index (χ2v) is 12.9. The fourth-order valence-electron chi connectivity index (χ4n) is 8.69. The largest absolute Gasteiger partial charge is 0.462 e. The molecule has 0 aromatic rings. The monoisotopic (exact) mass is 458 g/mol. The van der Waals surface area contributed by atoms with E-state index in [1.165, 1.54) is 51.0 Å². The molecule has 4 aliphatic carbocycles. The molecule has 4 nitrogen and oxygen atoms in total. The van der Waals surface area contributed by atoms with E-state index >= 15 is 0 Å². The van der Waals surface area contributed by atoms with Crippen LogP contribution in [-0.2, 0) is 14.3 Å². The van der Waals surface area contributed by atoms with Crippen LogP contribution in [0.3, 0.4) is 0 Å². The summed E-state index contributed by atoms with van der Waals surface area (Å²) in [6, 6.07) is 0. The number of carbonyl (C=O) groups is 2. The lowest BCUT2D eigenvalue weighted by molar-refractivity contribution is -0.188. The quantitative estimate of drug-likeness (QED) is 0.478. The fourth-order valence-corrected chi connectivity index (χ4v) is 8.69. The molecule has 33 heavy (non-hydrogen) atoms. The van der Waals surface area contributed by atoms with Crippen LogP contribution in [0.5, 0.6) is 0 Å². The minimum atomic E-state index is -1.42. The van der Waals surface area contributed by atoms with Crippen LogP contribution in [0.25, 0.3) is 0 Å². The molecule has 186 valence electrons. The highest BCUT2D eigenvalue weighted by molar-refractivity contribution is 5.99. The van der Waals surface area contributed by atoms with E-state index in [1.54, 1.807) is 0 Å². The topological polar surface area (TPSA) is 63.6 Å². The van der Waals surface area contributed by atoms with Crippen molar-refractivity contribution in [3.63, 3.8) is 0 Å². The molecule has 0 saturated heterocycles. The summed E-state index contributed by atoms with van der Waals surface area (Å²) in [6.07, 6.45) is 11.8. The van der Waals surface area contributed by atoms with Crippen molar-refractivity contribution in [2.75, 3.05) is 0 Å². The summed E-state index contributed by atoms with van der Waals surface area (Å²) in [4.78, 5) is 25.0. The molecular formula is C29H46O4. The maximum Gasteiger partial charge on any atom is 0.302 e. The number of hydrogen-bond acceptors (Lipinski definition) is 4. The predicted molar refractivity (Wildman–Crippen MR) is 130 cm³/mol. The number of fused-ring (bicyclic) bond motifs is 5. The van der Waals surface area contributed by atoms with Crippen molar-refractivity contribution in [2.24, 2.45) is 40.4 Å². The molecule has 0 aromatic carbocycles. The summed E-state index contributed by atoms with van der Waals surface area (Å²) in [5.74, 6) is 2.46. The van der Waals surface area contributed by atoms with Gasteiger partial charge in [0.1, 0.15) is 11.7 Å². The van der Waals surface area contributed by atoms with Gasteiger partial charge in [0.05, 0.1) is 0 Å². The number of esters is 1. The van der Waals surface area contributed by atoms with Gasteiger partial charge in [-0.25, -0.2) is 0 Å². The van der Waals surface area contributed by atoms with E-state index < -0.39 is 11.0 Å². The number of hydrogen-bond donors (Lipinski definition) is 1. The van der Waals surface area contributed by atoms with Crippen LogP contribution >= 0.6 is 0 Å². The van der Waals surface area contributed by atoms with E-state index in [1.807, 2.05) is 6.08 Å². The molecule has 0 amide bonds. The first kappa shape index (κ1) is 24.9. The molecule has 0 radical (unpaired) electrons. The van der Waals surface area contributed by atoms with Gasteiger partial charge in [-0.3, -0.25) is 9.59 Å². The van der Waals surface area contributed by atoms with Crippen LogP contribution in [0.2, 0.25) is 0 Å². The first-order valence-electron chi connectivity index (χ1n) is 13.6. The highest BCUT2D eigenvalue weighted by atomic mass is 16.5. The summed E-state index contributed by atoms with van der Waals surface area (Å²) in [6.45, 7) is 13.1. The van der Waals surface area contributed by atoms with Crippen molar-refractivity contribution in [2.45, 2.75) is 117 Å². The molecule has 0 unspecified atom stereocenters. The number of aliphatic hydroxyl groups is 1. The molecular weight excluding hydrogens is 412 g/mol. The minimum absolute atomic E-state index is 0.147. The van der Waals surface area contributed by atoms with Crippen molar-refractivity contribution in [3.05, 3.63) is 11.6 Å². The second-order valence-electron chi connectivity index (χ2n) is 12.9. The first-order chi connectivity index (χ1) is 15.4. The highest BCUT2D eigenvalue weighted by Crippen LogP contribution is 2.67. The Morgan fingerprint density at radius 3 is 2.48 bits per heavy atom. The maximum absolute atomic E-state index is 13.5. The lowest BCUT2D eigenvalue weighted by Crippen LogP contribution is -2.64. The summed E-state index contributed by atoms with van der Waals surface area (Å²) in [5, 5.41) is 11.7. The lowest BCUT2D eigenvalue weighted by atomic mass is 9.46. The van der Waals surface area contributed by atoms with Crippen LogP contribution in [0.4, 0.5) is 0 Å². The Balaban J connectivity index is 1.57. The summed E-state index contributed by atoms with van der Waals surface area (Å²) < 4.78 is 5.44. The Morgan fingerprint density at radius 1 is 1.09 bits per heavy atom.